The van der Waals surface area contributed by atoms with Crippen molar-refractivity contribution in [3.63, 3.8) is 0 Å². The number of hydrogen-bond donors (Lipinski definition) is 0. The summed E-state index contributed by atoms with van der Waals surface area (Å²) in [5.41, 5.74) is 0.553. The predicted molar refractivity (Wildman–Crippen MR) is 55.9 cm³/mol. The van der Waals surface area contributed by atoms with E-state index in [1.54, 1.807) is 6.92 Å². The Labute approximate surface area is 85.5 Å². The van der Waals surface area contributed by atoms with E-state index in [9.17, 15) is 5.11 Å². The first-order valence-electron chi connectivity index (χ1n) is 4.83. The van der Waals surface area contributed by atoms with E-state index in [0.717, 1.165) is 11.3 Å². The smallest absolute Gasteiger partial charge is 0.120 e. The molecule has 0 saturated heterocycles. The molecular formula is C12H17O2. The molecule has 1 atom stereocenters. The van der Waals surface area contributed by atoms with Crippen LogP contribution in [0.1, 0.15) is 39.4 Å². The summed E-state index contributed by atoms with van der Waals surface area (Å²) < 4.78 is 5.65. The largest absolute Gasteiger partial charge is 0.488 e. The Morgan fingerprint density at radius 3 is 2.43 bits per heavy atom. The van der Waals surface area contributed by atoms with Crippen LogP contribution in [0.15, 0.2) is 24.3 Å². The molecule has 0 bridgehead atoms. The van der Waals surface area contributed by atoms with Gasteiger partial charge in [-0.3, -0.25) is 0 Å². The second-order valence-corrected chi connectivity index (χ2v) is 4.43. The average Bonchev–Trinajstić information content (AvgIpc) is 2.01. The van der Waals surface area contributed by atoms with Gasteiger partial charge in [-0.05, 0) is 45.4 Å². The maximum atomic E-state index is 11.2. The number of rotatable bonds is 2. The summed E-state index contributed by atoms with van der Waals surface area (Å²) >= 11 is 0. The van der Waals surface area contributed by atoms with Crippen molar-refractivity contribution in [2.75, 3.05) is 0 Å². The van der Waals surface area contributed by atoms with E-state index in [4.69, 9.17) is 4.74 Å². The SMILES string of the molecule is CC([O])c1cccc(OC(C)(C)C)c1. The number of hydrogen-bond acceptors (Lipinski definition) is 1. The highest BCUT2D eigenvalue weighted by atomic mass is 16.5. The summed E-state index contributed by atoms with van der Waals surface area (Å²) in [6.07, 6.45) is -0.696. The van der Waals surface area contributed by atoms with Gasteiger partial charge in [-0.25, -0.2) is 5.11 Å². The first-order chi connectivity index (χ1) is 6.38. The van der Waals surface area contributed by atoms with Crippen molar-refractivity contribution in [1.29, 1.82) is 0 Å². The maximum Gasteiger partial charge on any atom is 0.120 e. The van der Waals surface area contributed by atoms with E-state index in [1.807, 2.05) is 45.0 Å². The zero-order valence-corrected chi connectivity index (χ0v) is 9.20. The van der Waals surface area contributed by atoms with E-state index in [2.05, 4.69) is 0 Å². The van der Waals surface area contributed by atoms with Gasteiger partial charge in [0.1, 0.15) is 17.5 Å². The highest BCUT2D eigenvalue weighted by Crippen LogP contribution is 2.22. The zero-order valence-electron chi connectivity index (χ0n) is 9.20. The van der Waals surface area contributed by atoms with Crippen molar-refractivity contribution in [2.45, 2.75) is 39.4 Å². The molecule has 0 spiro atoms. The molecule has 0 saturated carbocycles. The van der Waals surface area contributed by atoms with Crippen LogP contribution in [0.25, 0.3) is 0 Å². The third kappa shape index (κ3) is 3.38. The third-order valence-corrected chi connectivity index (χ3v) is 1.75. The molecule has 0 N–H and O–H groups in total. The zero-order chi connectivity index (χ0) is 10.8. The Kier molecular flexibility index (Phi) is 3.17. The monoisotopic (exact) mass is 193 g/mol. The molecule has 14 heavy (non-hydrogen) atoms. The van der Waals surface area contributed by atoms with Crippen molar-refractivity contribution in [1.82, 2.24) is 0 Å². The van der Waals surface area contributed by atoms with Crippen molar-refractivity contribution in [2.24, 2.45) is 0 Å². The van der Waals surface area contributed by atoms with Crippen LogP contribution in [-0.2, 0) is 5.11 Å². The lowest BCUT2D eigenvalue weighted by Crippen LogP contribution is -2.22. The van der Waals surface area contributed by atoms with Crippen LogP contribution in [0.5, 0.6) is 5.75 Å². The van der Waals surface area contributed by atoms with E-state index >= 15 is 0 Å². The van der Waals surface area contributed by atoms with Gasteiger partial charge in [-0.15, -0.1) is 0 Å². The van der Waals surface area contributed by atoms with Crippen molar-refractivity contribution in [3.8, 4) is 5.75 Å². The number of ether oxygens (including phenoxy) is 1. The van der Waals surface area contributed by atoms with Gasteiger partial charge < -0.3 is 4.74 Å². The molecule has 0 aliphatic heterocycles. The van der Waals surface area contributed by atoms with Crippen LogP contribution in [-0.4, -0.2) is 5.60 Å². The summed E-state index contributed by atoms with van der Waals surface area (Å²) in [4.78, 5) is 0. The molecule has 0 aliphatic carbocycles. The van der Waals surface area contributed by atoms with Gasteiger partial charge in [0.15, 0.2) is 0 Å². The van der Waals surface area contributed by atoms with Gasteiger partial charge in [0.25, 0.3) is 0 Å². The lowest BCUT2D eigenvalue weighted by molar-refractivity contribution is 0.104. The Morgan fingerprint density at radius 2 is 1.93 bits per heavy atom. The molecule has 0 fully saturated rings. The van der Waals surface area contributed by atoms with Crippen molar-refractivity contribution >= 4 is 0 Å². The van der Waals surface area contributed by atoms with Crippen molar-refractivity contribution < 1.29 is 9.84 Å². The molecule has 0 aromatic heterocycles. The molecule has 1 unspecified atom stereocenters. The molecule has 1 rings (SSSR count). The van der Waals surface area contributed by atoms with Crippen LogP contribution < -0.4 is 4.74 Å². The quantitative estimate of drug-likeness (QED) is 0.708. The fraction of sp³-hybridized carbons (Fsp3) is 0.500. The summed E-state index contributed by atoms with van der Waals surface area (Å²) in [6, 6.07) is 7.36. The van der Waals surface area contributed by atoms with Crippen LogP contribution in [0.3, 0.4) is 0 Å². The Bertz CT molecular complexity index is 297. The average molecular weight is 193 g/mol. The second-order valence-electron chi connectivity index (χ2n) is 4.43. The molecule has 1 aromatic carbocycles. The minimum atomic E-state index is -0.696. The standard InChI is InChI=1S/C12H17O2/c1-9(13)10-6-5-7-11(8-10)14-12(2,3)4/h5-9H,1-4H3. The molecule has 0 heterocycles. The van der Waals surface area contributed by atoms with Gasteiger partial charge >= 0.3 is 0 Å². The van der Waals surface area contributed by atoms with Crippen LogP contribution >= 0.6 is 0 Å². The molecule has 0 aliphatic rings. The fourth-order valence-corrected chi connectivity index (χ4v) is 1.18. The molecule has 2 heteroatoms. The molecule has 1 aromatic rings. The summed E-state index contributed by atoms with van der Waals surface area (Å²) in [7, 11) is 0. The molecule has 1 radical (unpaired) electrons. The van der Waals surface area contributed by atoms with E-state index < -0.39 is 6.10 Å². The van der Waals surface area contributed by atoms with Crippen molar-refractivity contribution in [3.05, 3.63) is 29.8 Å². The van der Waals surface area contributed by atoms with Gasteiger partial charge in [0, 0.05) is 0 Å². The lowest BCUT2D eigenvalue weighted by Gasteiger charge is -2.21. The Balaban J connectivity index is 2.84. The Hall–Kier alpha value is -1.02. The first-order valence-corrected chi connectivity index (χ1v) is 4.83. The van der Waals surface area contributed by atoms with Crippen LogP contribution in [0.2, 0.25) is 0 Å². The van der Waals surface area contributed by atoms with E-state index in [1.165, 1.54) is 0 Å². The maximum absolute atomic E-state index is 11.2. The highest BCUT2D eigenvalue weighted by Gasteiger charge is 2.12. The first kappa shape index (κ1) is 11.1. The third-order valence-electron chi connectivity index (χ3n) is 1.75. The van der Waals surface area contributed by atoms with Gasteiger partial charge in [-0.2, -0.15) is 0 Å². The lowest BCUT2D eigenvalue weighted by atomic mass is 10.1. The highest BCUT2D eigenvalue weighted by molar-refractivity contribution is 5.29. The molecular weight excluding hydrogens is 176 g/mol. The molecule has 2 nitrogen and oxygen atoms in total. The normalized spacial score (nSPS) is 13.8. The second kappa shape index (κ2) is 4.01. The topological polar surface area (TPSA) is 29.1 Å². The fourth-order valence-electron chi connectivity index (χ4n) is 1.18. The predicted octanol–water partition coefficient (Wildman–Crippen LogP) is 3.36. The minimum absolute atomic E-state index is 0.218. The minimum Gasteiger partial charge on any atom is -0.488 e. The number of benzene rings is 1. The molecule has 0 amide bonds. The summed E-state index contributed by atoms with van der Waals surface area (Å²) in [5, 5.41) is 11.2. The van der Waals surface area contributed by atoms with E-state index in [-0.39, 0.29) is 5.60 Å². The van der Waals surface area contributed by atoms with Crippen LogP contribution in [0.4, 0.5) is 0 Å². The van der Waals surface area contributed by atoms with Gasteiger partial charge in [-0.1, -0.05) is 12.1 Å². The van der Waals surface area contributed by atoms with E-state index in [0.29, 0.717) is 0 Å². The Morgan fingerprint density at radius 1 is 1.29 bits per heavy atom. The summed E-state index contributed by atoms with van der Waals surface area (Å²) in [5.74, 6) is 0.762. The van der Waals surface area contributed by atoms with Gasteiger partial charge in [0.05, 0.1) is 0 Å². The summed E-state index contributed by atoms with van der Waals surface area (Å²) in [6.45, 7) is 7.59. The molecule has 77 valence electrons. The van der Waals surface area contributed by atoms with Crippen LogP contribution in [0, 0.1) is 0 Å². The van der Waals surface area contributed by atoms with Gasteiger partial charge in [0.2, 0.25) is 0 Å².